The van der Waals surface area contributed by atoms with E-state index in [1.165, 1.54) is 0 Å². The van der Waals surface area contributed by atoms with Crippen molar-refractivity contribution in [2.75, 3.05) is 5.32 Å². The van der Waals surface area contributed by atoms with Gasteiger partial charge in [-0.1, -0.05) is 30.3 Å². The molecule has 0 aliphatic rings. The Morgan fingerprint density at radius 3 is 2.71 bits per heavy atom. The molecule has 0 aliphatic heterocycles. The van der Waals surface area contributed by atoms with Gasteiger partial charge in [0.05, 0.1) is 17.6 Å². The zero-order valence-corrected chi connectivity index (χ0v) is 15.5. The van der Waals surface area contributed by atoms with E-state index in [1.807, 2.05) is 41.0 Å². The molecular formula is C20H19N7O. The summed E-state index contributed by atoms with van der Waals surface area (Å²) in [4.78, 5) is 16.8. The predicted octanol–water partition coefficient (Wildman–Crippen LogP) is 3.56. The summed E-state index contributed by atoms with van der Waals surface area (Å²) in [5.41, 5.74) is 3.36. The lowest BCUT2D eigenvalue weighted by atomic mass is 10.1. The Kier molecular flexibility index (Phi) is 4.67. The lowest BCUT2D eigenvalue weighted by Crippen LogP contribution is -2.12. The van der Waals surface area contributed by atoms with Gasteiger partial charge in [0, 0.05) is 23.4 Å². The summed E-state index contributed by atoms with van der Waals surface area (Å²) in [6, 6.07) is 13.4. The average Bonchev–Trinajstić information content (AvgIpc) is 3.39. The summed E-state index contributed by atoms with van der Waals surface area (Å²) >= 11 is 0. The molecule has 0 unspecified atom stereocenters. The van der Waals surface area contributed by atoms with Crippen molar-refractivity contribution >= 4 is 11.6 Å². The molecular weight excluding hydrogens is 354 g/mol. The van der Waals surface area contributed by atoms with E-state index in [4.69, 9.17) is 0 Å². The Bertz CT molecular complexity index is 1100. The van der Waals surface area contributed by atoms with Crippen LogP contribution in [0.4, 0.5) is 5.69 Å². The van der Waals surface area contributed by atoms with Gasteiger partial charge in [0.1, 0.15) is 12.0 Å². The molecule has 0 saturated heterocycles. The molecule has 140 valence electrons. The maximum atomic E-state index is 12.6. The normalized spacial score (nSPS) is 11.0. The summed E-state index contributed by atoms with van der Waals surface area (Å²) in [6.07, 6.45) is 4.97. The highest BCUT2D eigenvalue weighted by Crippen LogP contribution is 2.23. The second kappa shape index (κ2) is 7.43. The van der Waals surface area contributed by atoms with Crippen molar-refractivity contribution in [3.63, 3.8) is 0 Å². The van der Waals surface area contributed by atoms with Crippen molar-refractivity contribution in [2.24, 2.45) is 0 Å². The largest absolute Gasteiger partial charge is 0.319 e. The fourth-order valence-corrected chi connectivity index (χ4v) is 2.85. The van der Waals surface area contributed by atoms with Gasteiger partial charge in [0.15, 0.2) is 5.82 Å². The molecule has 8 heteroatoms. The first kappa shape index (κ1) is 17.6. The highest BCUT2D eigenvalue weighted by molar-refractivity contribution is 6.03. The van der Waals surface area contributed by atoms with E-state index < -0.39 is 0 Å². The summed E-state index contributed by atoms with van der Waals surface area (Å²) in [5.74, 6) is 0.408. The summed E-state index contributed by atoms with van der Waals surface area (Å²) in [6.45, 7) is 4.10. The van der Waals surface area contributed by atoms with Gasteiger partial charge in [-0.25, -0.2) is 0 Å². The predicted molar refractivity (Wildman–Crippen MR) is 106 cm³/mol. The molecule has 0 bridgehead atoms. The van der Waals surface area contributed by atoms with Crippen LogP contribution in [0.15, 0.2) is 61.2 Å². The van der Waals surface area contributed by atoms with Gasteiger partial charge < -0.3 is 9.88 Å². The van der Waals surface area contributed by atoms with Crippen molar-refractivity contribution in [1.82, 2.24) is 29.9 Å². The topological polar surface area (TPSA) is 101 Å². The maximum absolute atomic E-state index is 12.6. The minimum atomic E-state index is -0.293. The van der Waals surface area contributed by atoms with Crippen LogP contribution in [-0.2, 0) is 0 Å². The Morgan fingerprint density at radius 2 is 1.93 bits per heavy atom. The number of H-pyrrole nitrogens is 1. The third-order valence-electron chi connectivity index (χ3n) is 4.28. The number of benzene rings is 1. The summed E-state index contributed by atoms with van der Waals surface area (Å²) in [5, 5.41) is 18.0. The van der Waals surface area contributed by atoms with E-state index in [2.05, 4.69) is 44.5 Å². The van der Waals surface area contributed by atoms with Crippen LogP contribution in [0.25, 0.3) is 22.6 Å². The van der Waals surface area contributed by atoms with E-state index in [1.54, 1.807) is 24.8 Å². The van der Waals surface area contributed by atoms with Crippen LogP contribution in [0.3, 0.4) is 0 Å². The van der Waals surface area contributed by atoms with Crippen molar-refractivity contribution < 1.29 is 4.79 Å². The van der Waals surface area contributed by atoms with Crippen LogP contribution in [0.5, 0.6) is 0 Å². The molecule has 1 aromatic carbocycles. The van der Waals surface area contributed by atoms with Crippen molar-refractivity contribution in [2.45, 2.75) is 19.9 Å². The van der Waals surface area contributed by atoms with Gasteiger partial charge in [-0.05, 0) is 26.0 Å². The molecule has 3 aromatic heterocycles. The molecule has 8 nitrogen and oxygen atoms in total. The number of amides is 1. The van der Waals surface area contributed by atoms with Crippen molar-refractivity contribution in [3.8, 4) is 22.6 Å². The fourth-order valence-electron chi connectivity index (χ4n) is 2.85. The number of pyridine rings is 1. The number of hydrogen-bond acceptors (Lipinski definition) is 5. The number of nitrogens with one attached hydrogen (secondary N) is 2. The third-order valence-corrected chi connectivity index (χ3v) is 4.28. The third kappa shape index (κ3) is 3.52. The molecule has 3 heterocycles. The number of carbonyl (C=O) groups excluding carboxylic acids is 1. The van der Waals surface area contributed by atoms with E-state index in [0.29, 0.717) is 22.9 Å². The molecule has 0 saturated carbocycles. The molecule has 0 aliphatic carbocycles. The summed E-state index contributed by atoms with van der Waals surface area (Å²) in [7, 11) is 0. The first-order valence-corrected chi connectivity index (χ1v) is 8.89. The van der Waals surface area contributed by atoms with E-state index in [-0.39, 0.29) is 11.9 Å². The Hall–Kier alpha value is -3.81. The molecule has 2 N–H and O–H groups in total. The molecule has 0 radical (unpaired) electrons. The molecule has 1 amide bonds. The molecule has 28 heavy (non-hydrogen) atoms. The van der Waals surface area contributed by atoms with Gasteiger partial charge in [0.2, 0.25) is 0 Å². The Morgan fingerprint density at radius 1 is 1.11 bits per heavy atom. The molecule has 0 spiro atoms. The monoisotopic (exact) mass is 373 g/mol. The highest BCUT2D eigenvalue weighted by Gasteiger charge is 2.14. The number of hydrogen-bond donors (Lipinski definition) is 2. The minimum Gasteiger partial charge on any atom is -0.319 e. The van der Waals surface area contributed by atoms with E-state index in [9.17, 15) is 4.79 Å². The smallest absolute Gasteiger partial charge is 0.273 e. The zero-order chi connectivity index (χ0) is 19.5. The standard InChI is InChI=1S/C20H19N7O/c1-13(2)27-12-22-26-19(27)15-8-16(11-21-10-15)23-20(28)18-9-17(24-25-18)14-6-4-3-5-7-14/h3-13H,1-2H3,(H,23,28)(H,24,25). The fraction of sp³-hybridized carbons (Fsp3) is 0.150. The first-order valence-electron chi connectivity index (χ1n) is 8.89. The van der Waals surface area contributed by atoms with Gasteiger partial charge >= 0.3 is 0 Å². The van der Waals surface area contributed by atoms with Gasteiger partial charge in [0.25, 0.3) is 5.91 Å². The number of nitrogens with zero attached hydrogens (tertiary/aromatic N) is 5. The minimum absolute atomic E-state index is 0.213. The van der Waals surface area contributed by atoms with Crippen LogP contribution < -0.4 is 5.32 Å². The quantitative estimate of drug-likeness (QED) is 0.557. The lowest BCUT2D eigenvalue weighted by molar-refractivity contribution is 0.102. The van der Waals surface area contributed by atoms with Gasteiger partial charge in [-0.15, -0.1) is 10.2 Å². The highest BCUT2D eigenvalue weighted by atomic mass is 16.1. The van der Waals surface area contributed by atoms with Crippen molar-refractivity contribution in [3.05, 3.63) is 66.9 Å². The number of aromatic amines is 1. The van der Waals surface area contributed by atoms with Crippen LogP contribution in [0, 0.1) is 0 Å². The maximum Gasteiger partial charge on any atom is 0.273 e. The SMILES string of the molecule is CC(C)n1cnnc1-c1cncc(NC(=O)c2cc(-c3ccccc3)n[nH]2)c1. The molecule has 4 aromatic rings. The molecule has 0 fully saturated rings. The van der Waals surface area contributed by atoms with E-state index >= 15 is 0 Å². The zero-order valence-electron chi connectivity index (χ0n) is 15.5. The number of aromatic nitrogens is 6. The van der Waals surface area contributed by atoms with Crippen LogP contribution in [-0.4, -0.2) is 35.9 Å². The van der Waals surface area contributed by atoms with E-state index in [0.717, 1.165) is 11.1 Å². The van der Waals surface area contributed by atoms with Crippen LogP contribution in [0.2, 0.25) is 0 Å². The van der Waals surface area contributed by atoms with Crippen LogP contribution in [0.1, 0.15) is 30.4 Å². The second-order valence-electron chi connectivity index (χ2n) is 6.60. The Balaban J connectivity index is 1.54. The van der Waals surface area contributed by atoms with Gasteiger partial charge in [-0.3, -0.25) is 14.9 Å². The number of carbonyl (C=O) groups is 1. The van der Waals surface area contributed by atoms with Crippen molar-refractivity contribution in [1.29, 1.82) is 0 Å². The number of anilines is 1. The molecule has 0 atom stereocenters. The average molecular weight is 373 g/mol. The van der Waals surface area contributed by atoms with Gasteiger partial charge in [-0.2, -0.15) is 5.10 Å². The lowest BCUT2D eigenvalue weighted by Gasteiger charge is -2.10. The molecule has 4 rings (SSSR count). The Labute approximate surface area is 161 Å². The van der Waals surface area contributed by atoms with Crippen LogP contribution >= 0.6 is 0 Å². The number of rotatable bonds is 5. The first-order chi connectivity index (χ1) is 13.6. The second-order valence-corrected chi connectivity index (χ2v) is 6.60. The summed E-state index contributed by atoms with van der Waals surface area (Å²) < 4.78 is 1.95.